The van der Waals surface area contributed by atoms with Crippen LogP contribution in [0.3, 0.4) is 0 Å². The SMILES string of the molecule is C=CCN(CC(=O)NCCc1ccccc1C)Cc1cccs1. The maximum absolute atomic E-state index is 12.1. The van der Waals surface area contributed by atoms with Crippen molar-refractivity contribution in [2.45, 2.75) is 19.9 Å². The summed E-state index contributed by atoms with van der Waals surface area (Å²) in [6, 6.07) is 12.4. The molecule has 0 aliphatic rings. The molecule has 0 unspecified atom stereocenters. The van der Waals surface area contributed by atoms with E-state index in [1.807, 2.05) is 24.3 Å². The van der Waals surface area contributed by atoms with Crippen LogP contribution in [-0.2, 0) is 17.8 Å². The molecule has 3 nitrogen and oxygen atoms in total. The molecule has 1 N–H and O–H groups in total. The second-order valence-corrected chi connectivity index (χ2v) is 6.60. The van der Waals surface area contributed by atoms with E-state index < -0.39 is 0 Å². The Morgan fingerprint density at radius 2 is 2.13 bits per heavy atom. The van der Waals surface area contributed by atoms with E-state index in [1.54, 1.807) is 11.3 Å². The number of nitrogens with zero attached hydrogens (tertiary/aromatic N) is 1. The minimum atomic E-state index is 0.0667. The molecule has 0 bridgehead atoms. The van der Waals surface area contributed by atoms with Gasteiger partial charge in [-0.25, -0.2) is 0 Å². The molecule has 0 saturated heterocycles. The highest BCUT2D eigenvalue weighted by molar-refractivity contribution is 7.09. The summed E-state index contributed by atoms with van der Waals surface area (Å²) in [5, 5.41) is 5.07. The normalized spacial score (nSPS) is 10.7. The Kier molecular flexibility index (Phi) is 7.04. The molecule has 0 aliphatic carbocycles. The van der Waals surface area contributed by atoms with Crippen LogP contribution >= 0.6 is 11.3 Å². The number of rotatable bonds is 9. The largest absolute Gasteiger partial charge is 0.355 e. The van der Waals surface area contributed by atoms with Gasteiger partial charge in [0.2, 0.25) is 5.91 Å². The molecule has 0 atom stereocenters. The molecule has 0 aliphatic heterocycles. The van der Waals surface area contributed by atoms with Crippen LogP contribution in [0.5, 0.6) is 0 Å². The molecule has 0 fully saturated rings. The van der Waals surface area contributed by atoms with Crippen LogP contribution in [0.2, 0.25) is 0 Å². The minimum Gasteiger partial charge on any atom is -0.355 e. The maximum Gasteiger partial charge on any atom is 0.234 e. The minimum absolute atomic E-state index is 0.0667. The molecule has 4 heteroatoms. The van der Waals surface area contributed by atoms with Gasteiger partial charge >= 0.3 is 0 Å². The van der Waals surface area contributed by atoms with Gasteiger partial charge in [-0.15, -0.1) is 17.9 Å². The zero-order valence-electron chi connectivity index (χ0n) is 13.6. The Bertz CT molecular complexity index is 622. The van der Waals surface area contributed by atoms with Crippen LogP contribution in [0.15, 0.2) is 54.4 Å². The first-order valence-corrected chi connectivity index (χ1v) is 8.74. The Hall–Kier alpha value is -1.91. The summed E-state index contributed by atoms with van der Waals surface area (Å²) in [6.07, 6.45) is 2.71. The lowest BCUT2D eigenvalue weighted by Gasteiger charge is -2.19. The quantitative estimate of drug-likeness (QED) is 0.716. The van der Waals surface area contributed by atoms with Crippen molar-refractivity contribution in [2.75, 3.05) is 19.6 Å². The highest BCUT2D eigenvalue weighted by Crippen LogP contribution is 2.11. The van der Waals surface area contributed by atoms with E-state index in [0.29, 0.717) is 19.6 Å². The van der Waals surface area contributed by atoms with Crippen molar-refractivity contribution < 1.29 is 4.79 Å². The van der Waals surface area contributed by atoms with Gasteiger partial charge in [-0.3, -0.25) is 9.69 Å². The second kappa shape index (κ2) is 9.28. The lowest BCUT2D eigenvalue weighted by atomic mass is 10.1. The molecule has 23 heavy (non-hydrogen) atoms. The number of carbonyl (C=O) groups excluding carboxylic acids is 1. The predicted molar refractivity (Wildman–Crippen MR) is 97.7 cm³/mol. The van der Waals surface area contributed by atoms with Gasteiger partial charge in [0.1, 0.15) is 0 Å². The molecule has 0 spiro atoms. The zero-order valence-corrected chi connectivity index (χ0v) is 14.4. The van der Waals surface area contributed by atoms with E-state index in [9.17, 15) is 4.79 Å². The number of aryl methyl sites for hydroxylation is 1. The summed E-state index contributed by atoms with van der Waals surface area (Å²) in [4.78, 5) is 15.5. The molecule has 1 aromatic carbocycles. The highest BCUT2D eigenvalue weighted by atomic mass is 32.1. The Morgan fingerprint density at radius 3 is 2.83 bits per heavy atom. The number of amides is 1. The monoisotopic (exact) mass is 328 g/mol. The lowest BCUT2D eigenvalue weighted by Crippen LogP contribution is -2.37. The number of nitrogens with one attached hydrogen (secondary N) is 1. The average molecular weight is 328 g/mol. The van der Waals surface area contributed by atoms with E-state index in [-0.39, 0.29) is 5.91 Å². The van der Waals surface area contributed by atoms with Gasteiger partial charge in [0, 0.05) is 24.5 Å². The van der Waals surface area contributed by atoms with Crippen LogP contribution in [0.4, 0.5) is 0 Å². The van der Waals surface area contributed by atoms with Crippen LogP contribution < -0.4 is 5.32 Å². The maximum atomic E-state index is 12.1. The van der Waals surface area contributed by atoms with E-state index >= 15 is 0 Å². The standard InChI is InChI=1S/C19H24N2OS/c1-3-12-21(14-18-9-6-13-23-18)15-19(22)20-11-10-17-8-5-4-7-16(17)2/h3-9,13H,1,10-12,14-15H2,2H3,(H,20,22). The smallest absolute Gasteiger partial charge is 0.234 e. The summed E-state index contributed by atoms with van der Waals surface area (Å²) in [6.45, 7) is 8.45. The first-order valence-electron chi connectivity index (χ1n) is 7.86. The van der Waals surface area contributed by atoms with Crippen molar-refractivity contribution in [3.63, 3.8) is 0 Å². The molecule has 1 heterocycles. The molecular weight excluding hydrogens is 304 g/mol. The third kappa shape index (κ3) is 6.00. The van der Waals surface area contributed by atoms with E-state index in [1.165, 1.54) is 16.0 Å². The highest BCUT2D eigenvalue weighted by Gasteiger charge is 2.10. The third-order valence-corrected chi connectivity index (χ3v) is 4.55. The molecule has 0 saturated carbocycles. The fourth-order valence-corrected chi connectivity index (χ4v) is 3.22. The summed E-state index contributed by atoms with van der Waals surface area (Å²) >= 11 is 1.71. The molecular formula is C19H24N2OS. The number of carbonyl (C=O) groups is 1. The number of benzene rings is 1. The Morgan fingerprint density at radius 1 is 1.30 bits per heavy atom. The molecule has 122 valence electrons. The predicted octanol–water partition coefficient (Wildman–Crippen LogP) is 3.40. The molecule has 1 aromatic heterocycles. The summed E-state index contributed by atoms with van der Waals surface area (Å²) in [7, 11) is 0. The van der Waals surface area contributed by atoms with Crippen molar-refractivity contribution >= 4 is 17.2 Å². The number of hydrogen-bond donors (Lipinski definition) is 1. The van der Waals surface area contributed by atoms with Gasteiger partial charge in [-0.1, -0.05) is 36.4 Å². The van der Waals surface area contributed by atoms with Crippen molar-refractivity contribution in [1.82, 2.24) is 10.2 Å². The average Bonchev–Trinajstić information content (AvgIpc) is 3.02. The molecule has 2 aromatic rings. The van der Waals surface area contributed by atoms with Crippen molar-refractivity contribution in [2.24, 2.45) is 0 Å². The van der Waals surface area contributed by atoms with Gasteiger partial charge in [-0.05, 0) is 35.9 Å². The van der Waals surface area contributed by atoms with Crippen molar-refractivity contribution in [3.05, 3.63) is 70.4 Å². The topological polar surface area (TPSA) is 32.3 Å². The second-order valence-electron chi connectivity index (χ2n) is 5.56. The Balaban J connectivity index is 1.77. The van der Waals surface area contributed by atoms with Crippen LogP contribution in [0.25, 0.3) is 0 Å². The van der Waals surface area contributed by atoms with E-state index in [2.05, 4.69) is 47.3 Å². The first-order chi connectivity index (χ1) is 11.2. The summed E-state index contributed by atoms with van der Waals surface area (Å²) in [5.74, 6) is 0.0667. The van der Waals surface area contributed by atoms with Crippen LogP contribution in [0.1, 0.15) is 16.0 Å². The zero-order chi connectivity index (χ0) is 16.5. The van der Waals surface area contributed by atoms with Gasteiger partial charge < -0.3 is 5.32 Å². The third-order valence-electron chi connectivity index (χ3n) is 3.69. The van der Waals surface area contributed by atoms with Crippen molar-refractivity contribution in [1.29, 1.82) is 0 Å². The summed E-state index contributed by atoms with van der Waals surface area (Å²) in [5.41, 5.74) is 2.56. The van der Waals surface area contributed by atoms with Crippen LogP contribution in [0, 0.1) is 6.92 Å². The van der Waals surface area contributed by atoms with Gasteiger partial charge in [0.05, 0.1) is 6.54 Å². The van der Waals surface area contributed by atoms with E-state index in [0.717, 1.165) is 13.0 Å². The Labute approximate surface area is 142 Å². The molecule has 1 amide bonds. The van der Waals surface area contributed by atoms with E-state index in [4.69, 9.17) is 0 Å². The molecule has 2 rings (SSSR count). The van der Waals surface area contributed by atoms with Gasteiger partial charge in [-0.2, -0.15) is 0 Å². The summed E-state index contributed by atoms with van der Waals surface area (Å²) < 4.78 is 0. The number of hydrogen-bond acceptors (Lipinski definition) is 3. The number of thiophene rings is 1. The van der Waals surface area contributed by atoms with Crippen molar-refractivity contribution in [3.8, 4) is 0 Å². The van der Waals surface area contributed by atoms with Gasteiger partial charge in [0.15, 0.2) is 0 Å². The first kappa shape index (κ1) is 17.4. The molecule has 0 radical (unpaired) electrons. The fraction of sp³-hybridized carbons (Fsp3) is 0.316. The van der Waals surface area contributed by atoms with Gasteiger partial charge in [0.25, 0.3) is 0 Å². The van der Waals surface area contributed by atoms with Crippen LogP contribution in [-0.4, -0.2) is 30.4 Å². The lowest BCUT2D eigenvalue weighted by molar-refractivity contribution is -0.122. The fourth-order valence-electron chi connectivity index (χ4n) is 2.48.